The minimum Gasteiger partial charge on any atom is -0.481 e. The molecule has 1 aliphatic heterocycles. The van der Waals surface area contributed by atoms with Crippen LogP contribution in [0.5, 0.6) is 0 Å². The van der Waals surface area contributed by atoms with Crippen LogP contribution in [0, 0.1) is 5.41 Å². The summed E-state index contributed by atoms with van der Waals surface area (Å²) in [7, 11) is 0. The Morgan fingerprint density at radius 2 is 1.69 bits per heavy atom. The van der Waals surface area contributed by atoms with Gasteiger partial charge in [-0.1, -0.05) is 26.0 Å². The topological polar surface area (TPSA) is 86.7 Å². The number of carboxylic acids is 1. The molecule has 1 fully saturated rings. The highest BCUT2D eigenvalue weighted by Gasteiger charge is 2.37. The third-order valence-electron chi connectivity index (χ3n) is 5.38. The third kappa shape index (κ3) is 4.42. The molecule has 6 nitrogen and oxygen atoms in total. The number of nitrogens with one attached hydrogen (secondary N) is 1. The summed E-state index contributed by atoms with van der Waals surface area (Å²) in [6.07, 6.45) is 3.76. The Labute approximate surface area is 154 Å². The molecule has 1 aromatic carbocycles. The second-order valence-corrected chi connectivity index (χ2v) is 6.92. The molecule has 0 spiro atoms. The first-order valence-electron chi connectivity index (χ1n) is 9.35. The summed E-state index contributed by atoms with van der Waals surface area (Å²) < 4.78 is 0. The number of para-hydroxylation sites is 1. The highest BCUT2D eigenvalue weighted by atomic mass is 16.4. The summed E-state index contributed by atoms with van der Waals surface area (Å²) in [5.74, 6) is -1.43. The molecule has 2 N–H and O–H groups in total. The Morgan fingerprint density at radius 1 is 1.08 bits per heavy atom. The van der Waals surface area contributed by atoms with E-state index in [9.17, 15) is 19.5 Å². The van der Waals surface area contributed by atoms with Gasteiger partial charge in [0.05, 0.1) is 16.7 Å². The minimum atomic E-state index is -1.07. The van der Waals surface area contributed by atoms with Crippen LogP contribution in [0.3, 0.4) is 0 Å². The molecule has 1 saturated heterocycles. The first-order chi connectivity index (χ1) is 12.4. The fourth-order valence-electron chi connectivity index (χ4n) is 3.43. The van der Waals surface area contributed by atoms with Crippen LogP contribution in [-0.2, 0) is 9.59 Å². The van der Waals surface area contributed by atoms with Gasteiger partial charge in [-0.25, -0.2) is 0 Å². The van der Waals surface area contributed by atoms with Crippen molar-refractivity contribution >= 4 is 23.5 Å². The fourth-order valence-corrected chi connectivity index (χ4v) is 3.43. The lowest BCUT2D eigenvalue weighted by molar-refractivity contribution is -0.151. The second kappa shape index (κ2) is 8.83. The molecule has 1 heterocycles. The number of piperidine rings is 1. The molecule has 142 valence electrons. The van der Waals surface area contributed by atoms with E-state index in [1.54, 1.807) is 38.1 Å². The molecule has 0 saturated carbocycles. The standard InChI is InChI=1S/C20H28N2O4/c1-3-20(4-2,19(25)26)14-17(23)21-16-11-7-6-10-15(16)18(24)22-12-8-5-9-13-22/h6-7,10-11H,3-5,8-9,12-14H2,1-2H3,(H,21,23)(H,25,26). The maximum Gasteiger partial charge on any atom is 0.310 e. The molecule has 2 amide bonds. The number of benzene rings is 1. The summed E-state index contributed by atoms with van der Waals surface area (Å²) >= 11 is 0. The lowest BCUT2D eigenvalue weighted by atomic mass is 9.79. The van der Waals surface area contributed by atoms with Crippen molar-refractivity contribution in [2.75, 3.05) is 18.4 Å². The number of hydrogen-bond donors (Lipinski definition) is 2. The first kappa shape index (κ1) is 19.9. The van der Waals surface area contributed by atoms with Crippen LogP contribution in [0.1, 0.15) is 62.7 Å². The lowest BCUT2D eigenvalue weighted by Gasteiger charge is -2.28. The third-order valence-corrected chi connectivity index (χ3v) is 5.38. The van der Waals surface area contributed by atoms with Crippen LogP contribution in [0.25, 0.3) is 0 Å². The molecule has 1 aliphatic rings. The molecule has 1 aromatic rings. The molecule has 0 radical (unpaired) electrons. The molecule has 0 aromatic heterocycles. The van der Waals surface area contributed by atoms with Gasteiger partial charge in [-0.05, 0) is 44.2 Å². The summed E-state index contributed by atoms with van der Waals surface area (Å²) in [5, 5.41) is 12.3. The molecule has 0 unspecified atom stereocenters. The zero-order valence-corrected chi connectivity index (χ0v) is 15.6. The Balaban J connectivity index is 2.15. The Bertz CT molecular complexity index is 662. The maximum atomic E-state index is 12.8. The van der Waals surface area contributed by atoms with Crippen LogP contribution in [-0.4, -0.2) is 40.9 Å². The molecule has 0 atom stereocenters. The second-order valence-electron chi connectivity index (χ2n) is 6.92. The summed E-state index contributed by atoms with van der Waals surface area (Å²) in [6.45, 7) is 5.02. The average Bonchev–Trinajstić information content (AvgIpc) is 2.66. The van der Waals surface area contributed by atoms with Crippen molar-refractivity contribution in [1.82, 2.24) is 4.90 Å². The van der Waals surface area contributed by atoms with Gasteiger partial charge in [0.2, 0.25) is 5.91 Å². The fraction of sp³-hybridized carbons (Fsp3) is 0.550. The van der Waals surface area contributed by atoms with Crippen LogP contribution in [0.4, 0.5) is 5.69 Å². The van der Waals surface area contributed by atoms with Gasteiger partial charge in [0.25, 0.3) is 5.91 Å². The zero-order chi connectivity index (χ0) is 19.2. The highest BCUT2D eigenvalue weighted by molar-refractivity contribution is 6.04. The molecular weight excluding hydrogens is 332 g/mol. The monoisotopic (exact) mass is 360 g/mol. The Morgan fingerprint density at radius 3 is 2.27 bits per heavy atom. The van der Waals surface area contributed by atoms with E-state index in [4.69, 9.17) is 0 Å². The number of likely N-dealkylation sites (tertiary alicyclic amines) is 1. The average molecular weight is 360 g/mol. The van der Waals surface area contributed by atoms with Crippen LogP contribution in [0.15, 0.2) is 24.3 Å². The predicted molar refractivity (Wildman–Crippen MR) is 100 cm³/mol. The van der Waals surface area contributed by atoms with Crippen molar-refractivity contribution in [2.45, 2.75) is 52.4 Å². The van der Waals surface area contributed by atoms with Gasteiger partial charge in [0.1, 0.15) is 0 Å². The van der Waals surface area contributed by atoms with E-state index in [1.165, 1.54) is 0 Å². The molecule has 0 bridgehead atoms. The molecule has 6 heteroatoms. The van der Waals surface area contributed by atoms with Crippen LogP contribution in [0.2, 0.25) is 0 Å². The summed E-state index contributed by atoms with van der Waals surface area (Å²) in [5.41, 5.74) is -0.174. The Hall–Kier alpha value is -2.37. The molecule has 26 heavy (non-hydrogen) atoms. The van der Waals surface area contributed by atoms with Crippen LogP contribution < -0.4 is 5.32 Å². The van der Waals surface area contributed by atoms with Crippen molar-refractivity contribution in [1.29, 1.82) is 0 Å². The number of carboxylic acid groups (broad SMARTS) is 1. The largest absolute Gasteiger partial charge is 0.481 e. The van der Waals surface area contributed by atoms with E-state index in [2.05, 4.69) is 5.32 Å². The van der Waals surface area contributed by atoms with Gasteiger partial charge < -0.3 is 15.3 Å². The number of carbonyl (C=O) groups excluding carboxylic acids is 2. The number of amides is 2. The lowest BCUT2D eigenvalue weighted by Crippen LogP contribution is -2.37. The molecular formula is C20H28N2O4. The molecule has 0 aliphatic carbocycles. The summed E-state index contributed by atoms with van der Waals surface area (Å²) in [4.78, 5) is 38.7. The zero-order valence-electron chi connectivity index (χ0n) is 15.6. The van der Waals surface area contributed by atoms with E-state index in [0.29, 0.717) is 24.1 Å². The van der Waals surface area contributed by atoms with E-state index in [1.807, 2.05) is 4.90 Å². The van der Waals surface area contributed by atoms with Crippen molar-refractivity contribution in [2.24, 2.45) is 5.41 Å². The smallest absolute Gasteiger partial charge is 0.310 e. The number of anilines is 1. The normalized spacial score (nSPS) is 14.8. The van der Waals surface area contributed by atoms with Gasteiger partial charge in [-0.15, -0.1) is 0 Å². The van der Waals surface area contributed by atoms with Crippen LogP contribution >= 0.6 is 0 Å². The number of aliphatic carboxylic acids is 1. The van der Waals surface area contributed by atoms with Gasteiger partial charge in [-0.2, -0.15) is 0 Å². The van der Waals surface area contributed by atoms with Crippen molar-refractivity contribution < 1.29 is 19.5 Å². The highest BCUT2D eigenvalue weighted by Crippen LogP contribution is 2.31. The predicted octanol–water partition coefficient (Wildman–Crippen LogP) is 3.53. The number of carbonyl (C=O) groups is 3. The van der Waals surface area contributed by atoms with Gasteiger partial charge in [0.15, 0.2) is 0 Å². The van der Waals surface area contributed by atoms with Crippen molar-refractivity contribution in [3.63, 3.8) is 0 Å². The molecule has 2 rings (SSSR count). The van der Waals surface area contributed by atoms with Gasteiger partial charge in [-0.3, -0.25) is 14.4 Å². The Kier molecular flexibility index (Phi) is 6.77. The quantitative estimate of drug-likeness (QED) is 0.779. The summed E-state index contributed by atoms with van der Waals surface area (Å²) in [6, 6.07) is 6.92. The van der Waals surface area contributed by atoms with Gasteiger partial charge >= 0.3 is 5.97 Å². The van der Waals surface area contributed by atoms with Crippen molar-refractivity contribution in [3.8, 4) is 0 Å². The number of nitrogens with zero attached hydrogens (tertiary/aromatic N) is 1. The number of rotatable bonds is 7. The van der Waals surface area contributed by atoms with Crippen molar-refractivity contribution in [3.05, 3.63) is 29.8 Å². The van der Waals surface area contributed by atoms with Gasteiger partial charge in [0, 0.05) is 19.5 Å². The first-order valence-corrected chi connectivity index (χ1v) is 9.35. The number of hydrogen-bond acceptors (Lipinski definition) is 3. The van der Waals surface area contributed by atoms with E-state index in [-0.39, 0.29) is 18.2 Å². The van der Waals surface area contributed by atoms with E-state index >= 15 is 0 Å². The van der Waals surface area contributed by atoms with E-state index in [0.717, 1.165) is 32.4 Å². The SMILES string of the molecule is CCC(CC)(CC(=O)Nc1ccccc1C(=O)N1CCCCC1)C(=O)O. The minimum absolute atomic E-state index is 0.0870. The van der Waals surface area contributed by atoms with E-state index < -0.39 is 11.4 Å². The maximum absolute atomic E-state index is 12.8.